The molecule has 9 nitrogen and oxygen atoms in total. The van der Waals surface area contributed by atoms with Gasteiger partial charge in [0.25, 0.3) is 0 Å². The number of aryl methyl sites for hydroxylation is 2. The number of nitrogens with one attached hydrogen (secondary N) is 1. The average Bonchev–Trinajstić information content (AvgIpc) is 3.07. The molecule has 108 valence electrons. The van der Waals surface area contributed by atoms with Crippen molar-refractivity contribution in [2.75, 3.05) is 13.2 Å². The quantitative estimate of drug-likeness (QED) is 0.680. The number of tetrazole rings is 1. The minimum Gasteiger partial charge on any atom is -0.395 e. The zero-order chi connectivity index (χ0) is 14.4. The van der Waals surface area contributed by atoms with Crippen LogP contribution in [0.1, 0.15) is 18.1 Å². The lowest BCUT2D eigenvalue weighted by Crippen LogP contribution is -2.34. The highest BCUT2D eigenvalue weighted by Gasteiger charge is 2.15. The first-order chi connectivity index (χ1) is 9.70. The van der Waals surface area contributed by atoms with E-state index < -0.39 is 0 Å². The first-order valence-electron chi connectivity index (χ1n) is 6.30. The van der Waals surface area contributed by atoms with E-state index in [1.807, 2.05) is 0 Å². The first kappa shape index (κ1) is 14.1. The maximum absolute atomic E-state index is 12.2. The molecule has 0 saturated carbocycles. The number of amides is 1. The van der Waals surface area contributed by atoms with Gasteiger partial charge in [0, 0.05) is 25.4 Å². The van der Waals surface area contributed by atoms with Crippen LogP contribution >= 0.6 is 0 Å². The van der Waals surface area contributed by atoms with E-state index in [1.54, 1.807) is 28.9 Å². The standard InChI is InChI=1S/C11H17N7O2/c1-9-14-15-16-18(9)5-2-11(20)17(6-7-19)8-10-12-3-4-13-10/h3-4,19H,2,5-8H2,1H3,(H,12,13). The summed E-state index contributed by atoms with van der Waals surface area (Å²) in [5.41, 5.74) is 0. The van der Waals surface area contributed by atoms with Gasteiger partial charge in [0.2, 0.25) is 5.91 Å². The Morgan fingerprint density at radius 1 is 1.55 bits per heavy atom. The second kappa shape index (κ2) is 6.75. The Kier molecular flexibility index (Phi) is 4.77. The van der Waals surface area contributed by atoms with Crippen molar-refractivity contribution in [3.63, 3.8) is 0 Å². The van der Waals surface area contributed by atoms with Gasteiger partial charge in [0.05, 0.1) is 19.7 Å². The molecule has 0 aliphatic rings. The first-order valence-corrected chi connectivity index (χ1v) is 6.30. The third kappa shape index (κ3) is 3.60. The summed E-state index contributed by atoms with van der Waals surface area (Å²) in [6, 6.07) is 0. The number of H-pyrrole nitrogens is 1. The van der Waals surface area contributed by atoms with Crippen molar-refractivity contribution in [1.82, 2.24) is 35.1 Å². The SMILES string of the molecule is Cc1nnnn1CCC(=O)N(CCO)Cc1ncc[nH]1. The average molecular weight is 279 g/mol. The molecule has 2 aromatic rings. The normalized spacial score (nSPS) is 10.7. The number of hydrogen-bond donors (Lipinski definition) is 2. The summed E-state index contributed by atoms with van der Waals surface area (Å²) in [5, 5.41) is 20.1. The molecule has 2 N–H and O–H groups in total. The Bertz CT molecular complexity index is 537. The highest BCUT2D eigenvalue weighted by molar-refractivity contribution is 5.76. The lowest BCUT2D eigenvalue weighted by Gasteiger charge is -2.20. The molecule has 20 heavy (non-hydrogen) atoms. The highest BCUT2D eigenvalue weighted by Crippen LogP contribution is 2.03. The maximum atomic E-state index is 12.2. The van der Waals surface area contributed by atoms with Crippen LogP contribution in [-0.2, 0) is 17.9 Å². The molecule has 0 radical (unpaired) electrons. The minimum atomic E-state index is -0.0869. The largest absolute Gasteiger partial charge is 0.395 e. The fraction of sp³-hybridized carbons (Fsp3) is 0.545. The smallest absolute Gasteiger partial charge is 0.224 e. The molecule has 0 aromatic carbocycles. The van der Waals surface area contributed by atoms with E-state index in [0.29, 0.717) is 24.7 Å². The van der Waals surface area contributed by atoms with Gasteiger partial charge in [0.1, 0.15) is 11.6 Å². The van der Waals surface area contributed by atoms with E-state index in [9.17, 15) is 4.79 Å². The van der Waals surface area contributed by atoms with Crippen molar-refractivity contribution >= 4 is 5.91 Å². The van der Waals surface area contributed by atoms with Crippen LogP contribution in [0, 0.1) is 6.92 Å². The van der Waals surface area contributed by atoms with Gasteiger partial charge in [-0.05, 0) is 17.4 Å². The molecule has 0 aliphatic heterocycles. The minimum absolute atomic E-state index is 0.0784. The van der Waals surface area contributed by atoms with Crippen molar-refractivity contribution in [3.05, 3.63) is 24.0 Å². The Labute approximate surface area is 115 Å². The van der Waals surface area contributed by atoms with E-state index in [4.69, 9.17) is 5.11 Å². The summed E-state index contributed by atoms with van der Waals surface area (Å²) in [6.07, 6.45) is 3.59. The molecule has 0 spiro atoms. The molecule has 0 bridgehead atoms. The number of aromatic amines is 1. The Morgan fingerprint density at radius 2 is 2.40 bits per heavy atom. The van der Waals surface area contributed by atoms with Gasteiger partial charge in [-0.1, -0.05) is 0 Å². The van der Waals surface area contributed by atoms with Crippen molar-refractivity contribution in [2.24, 2.45) is 0 Å². The second-order valence-corrected chi connectivity index (χ2v) is 4.27. The van der Waals surface area contributed by atoms with Crippen LogP contribution in [0.2, 0.25) is 0 Å². The van der Waals surface area contributed by atoms with Crippen LogP contribution in [0.3, 0.4) is 0 Å². The maximum Gasteiger partial charge on any atom is 0.224 e. The fourth-order valence-electron chi connectivity index (χ4n) is 1.79. The molecule has 2 aromatic heterocycles. The Balaban J connectivity index is 1.91. The molecule has 0 atom stereocenters. The van der Waals surface area contributed by atoms with Gasteiger partial charge in [0.15, 0.2) is 0 Å². The monoisotopic (exact) mass is 279 g/mol. The zero-order valence-electron chi connectivity index (χ0n) is 11.2. The Morgan fingerprint density at radius 3 is 3.00 bits per heavy atom. The fourth-order valence-corrected chi connectivity index (χ4v) is 1.79. The van der Waals surface area contributed by atoms with E-state index in [0.717, 1.165) is 0 Å². The van der Waals surface area contributed by atoms with E-state index >= 15 is 0 Å². The molecule has 1 amide bonds. The molecule has 0 aliphatic carbocycles. The zero-order valence-corrected chi connectivity index (χ0v) is 11.2. The number of aromatic nitrogens is 6. The van der Waals surface area contributed by atoms with Gasteiger partial charge >= 0.3 is 0 Å². The Hall–Kier alpha value is -2.29. The number of carbonyl (C=O) groups excluding carboxylic acids is 1. The summed E-state index contributed by atoms with van der Waals surface area (Å²) in [6.45, 7) is 2.72. The van der Waals surface area contributed by atoms with Crippen molar-refractivity contribution in [1.29, 1.82) is 0 Å². The molecular weight excluding hydrogens is 262 g/mol. The molecular formula is C11H17N7O2. The van der Waals surface area contributed by atoms with Crippen LogP contribution < -0.4 is 0 Å². The summed E-state index contributed by atoms with van der Waals surface area (Å²) in [7, 11) is 0. The number of hydrogen-bond acceptors (Lipinski definition) is 6. The predicted molar refractivity (Wildman–Crippen MR) is 68.3 cm³/mol. The number of carbonyl (C=O) groups is 1. The number of rotatable bonds is 7. The number of nitrogens with zero attached hydrogens (tertiary/aromatic N) is 6. The summed E-state index contributed by atoms with van der Waals surface area (Å²) < 4.78 is 1.57. The van der Waals surface area contributed by atoms with Crippen LogP contribution in [0.25, 0.3) is 0 Å². The topological polar surface area (TPSA) is 113 Å². The molecule has 0 fully saturated rings. The van der Waals surface area contributed by atoms with E-state index in [1.165, 1.54) is 0 Å². The third-order valence-corrected chi connectivity index (χ3v) is 2.87. The van der Waals surface area contributed by atoms with Gasteiger partial charge in [-0.15, -0.1) is 5.10 Å². The summed E-state index contributed by atoms with van der Waals surface area (Å²) in [4.78, 5) is 20.7. The summed E-state index contributed by atoms with van der Waals surface area (Å²) >= 11 is 0. The molecule has 0 saturated heterocycles. The van der Waals surface area contributed by atoms with Crippen molar-refractivity contribution in [3.8, 4) is 0 Å². The molecule has 2 rings (SSSR count). The highest BCUT2D eigenvalue weighted by atomic mass is 16.3. The summed E-state index contributed by atoms with van der Waals surface area (Å²) in [5.74, 6) is 1.27. The van der Waals surface area contributed by atoms with Gasteiger partial charge in [-0.25, -0.2) is 9.67 Å². The van der Waals surface area contributed by atoms with Gasteiger partial charge in [-0.2, -0.15) is 0 Å². The molecule has 9 heteroatoms. The van der Waals surface area contributed by atoms with Crippen LogP contribution in [-0.4, -0.2) is 59.2 Å². The number of aliphatic hydroxyl groups is 1. The van der Waals surface area contributed by atoms with E-state index in [2.05, 4.69) is 25.5 Å². The van der Waals surface area contributed by atoms with Crippen LogP contribution in [0.5, 0.6) is 0 Å². The lowest BCUT2D eigenvalue weighted by molar-refractivity contribution is -0.132. The van der Waals surface area contributed by atoms with Crippen LogP contribution in [0.15, 0.2) is 12.4 Å². The molecule has 2 heterocycles. The predicted octanol–water partition coefficient (Wildman–Crippen LogP) is -0.884. The van der Waals surface area contributed by atoms with Crippen molar-refractivity contribution < 1.29 is 9.90 Å². The third-order valence-electron chi connectivity index (χ3n) is 2.87. The number of aliphatic hydroxyl groups excluding tert-OH is 1. The van der Waals surface area contributed by atoms with Gasteiger partial charge < -0.3 is 15.0 Å². The lowest BCUT2D eigenvalue weighted by atomic mass is 10.3. The van der Waals surface area contributed by atoms with Gasteiger partial charge in [-0.3, -0.25) is 4.79 Å². The van der Waals surface area contributed by atoms with Crippen molar-refractivity contribution in [2.45, 2.75) is 26.4 Å². The van der Waals surface area contributed by atoms with Crippen LogP contribution in [0.4, 0.5) is 0 Å². The second-order valence-electron chi connectivity index (χ2n) is 4.27. The molecule has 0 unspecified atom stereocenters. The number of imidazole rings is 1. The van der Waals surface area contributed by atoms with E-state index in [-0.39, 0.29) is 25.5 Å².